The second kappa shape index (κ2) is 7.36. The van der Waals surface area contributed by atoms with Crippen LogP contribution in [0.15, 0.2) is 30.5 Å². The molecule has 1 aliphatic rings. The second-order valence-corrected chi connectivity index (χ2v) is 6.81. The molecule has 1 aromatic carbocycles. The molecule has 0 radical (unpaired) electrons. The number of hydrogen-bond acceptors (Lipinski definition) is 3. The van der Waals surface area contributed by atoms with E-state index >= 15 is 0 Å². The molecular formula is C18H23ClN4O. The molecule has 128 valence electrons. The van der Waals surface area contributed by atoms with Crippen LogP contribution < -0.4 is 0 Å². The largest absolute Gasteiger partial charge is 0.340 e. The lowest BCUT2D eigenvalue weighted by Crippen LogP contribution is -2.48. The molecule has 0 saturated carbocycles. The second-order valence-electron chi connectivity index (χ2n) is 6.38. The number of amides is 1. The number of carbonyl (C=O) groups excluding carboxylic acids is 1. The normalized spacial score (nSPS) is 15.7. The van der Waals surface area contributed by atoms with Crippen molar-refractivity contribution < 1.29 is 4.79 Å². The molecule has 0 aliphatic carbocycles. The SMILES string of the molecule is Cc1nn(C)cc1CN1CCN(C(=O)Cc2cccc(Cl)c2)CC1. The van der Waals surface area contributed by atoms with Gasteiger partial charge in [0, 0.05) is 56.6 Å². The lowest BCUT2D eigenvalue weighted by molar-refractivity contribution is -0.132. The van der Waals surface area contributed by atoms with Gasteiger partial charge in [-0.3, -0.25) is 14.4 Å². The molecule has 3 rings (SSSR count). The summed E-state index contributed by atoms with van der Waals surface area (Å²) in [7, 11) is 1.95. The number of hydrogen-bond donors (Lipinski definition) is 0. The fraction of sp³-hybridized carbons (Fsp3) is 0.444. The molecule has 0 atom stereocenters. The smallest absolute Gasteiger partial charge is 0.227 e. The topological polar surface area (TPSA) is 41.4 Å². The number of carbonyl (C=O) groups is 1. The molecule has 0 bridgehead atoms. The number of aromatic nitrogens is 2. The van der Waals surface area contributed by atoms with E-state index in [0.29, 0.717) is 11.4 Å². The first-order valence-corrected chi connectivity index (χ1v) is 8.63. The third-order valence-corrected chi connectivity index (χ3v) is 4.71. The lowest BCUT2D eigenvalue weighted by atomic mass is 10.1. The number of rotatable bonds is 4. The van der Waals surface area contributed by atoms with E-state index in [1.54, 1.807) is 0 Å². The Morgan fingerprint density at radius 1 is 1.25 bits per heavy atom. The van der Waals surface area contributed by atoms with Crippen LogP contribution in [0.5, 0.6) is 0 Å². The zero-order chi connectivity index (χ0) is 17.1. The van der Waals surface area contributed by atoms with Gasteiger partial charge in [-0.1, -0.05) is 23.7 Å². The Hall–Kier alpha value is -1.85. The molecule has 0 N–H and O–H groups in total. The Balaban J connectivity index is 1.51. The Labute approximate surface area is 147 Å². The monoisotopic (exact) mass is 346 g/mol. The van der Waals surface area contributed by atoms with Gasteiger partial charge in [0.1, 0.15) is 0 Å². The molecule has 24 heavy (non-hydrogen) atoms. The van der Waals surface area contributed by atoms with E-state index in [1.165, 1.54) is 5.56 Å². The summed E-state index contributed by atoms with van der Waals surface area (Å²) in [5.41, 5.74) is 3.31. The third-order valence-electron chi connectivity index (χ3n) is 4.48. The molecule has 2 heterocycles. The van der Waals surface area contributed by atoms with Crippen LogP contribution in [0.3, 0.4) is 0 Å². The minimum Gasteiger partial charge on any atom is -0.340 e. The van der Waals surface area contributed by atoms with Crippen LogP contribution in [0, 0.1) is 6.92 Å². The van der Waals surface area contributed by atoms with Crippen molar-refractivity contribution in [2.24, 2.45) is 7.05 Å². The summed E-state index contributed by atoms with van der Waals surface area (Å²) in [5, 5.41) is 5.07. The van der Waals surface area contributed by atoms with E-state index in [2.05, 4.69) is 16.2 Å². The molecule has 1 aliphatic heterocycles. The molecule has 1 fully saturated rings. The van der Waals surface area contributed by atoms with Crippen molar-refractivity contribution in [2.75, 3.05) is 26.2 Å². The quantitative estimate of drug-likeness (QED) is 0.852. The van der Waals surface area contributed by atoms with E-state index < -0.39 is 0 Å². The molecule has 6 heteroatoms. The van der Waals surface area contributed by atoms with Gasteiger partial charge < -0.3 is 4.90 Å². The molecule has 1 saturated heterocycles. The standard InChI is InChI=1S/C18H23ClN4O/c1-14-16(12-21(2)20-14)13-22-6-8-23(9-7-22)18(24)11-15-4-3-5-17(19)10-15/h3-5,10,12H,6-9,11,13H2,1-2H3. The first kappa shape index (κ1) is 17.0. The number of aryl methyl sites for hydroxylation is 2. The van der Waals surface area contributed by atoms with Gasteiger partial charge >= 0.3 is 0 Å². The van der Waals surface area contributed by atoms with Gasteiger partial charge in [0.25, 0.3) is 0 Å². The van der Waals surface area contributed by atoms with E-state index in [0.717, 1.165) is 44.0 Å². The number of piperazine rings is 1. The van der Waals surface area contributed by atoms with E-state index in [1.807, 2.05) is 47.8 Å². The van der Waals surface area contributed by atoms with Crippen molar-refractivity contribution in [3.05, 3.63) is 52.3 Å². The van der Waals surface area contributed by atoms with Crippen LogP contribution in [0.4, 0.5) is 0 Å². The van der Waals surface area contributed by atoms with Gasteiger partial charge in [0.2, 0.25) is 5.91 Å². The van der Waals surface area contributed by atoms with Gasteiger partial charge in [0.05, 0.1) is 12.1 Å². The van der Waals surface area contributed by atoms with Crippen LogP contribution in [0.2, 0.25) is 5.02 Å². The average Bonchev–Trinajstić information content (AvgIpc) is 2.85. The summed E-state index contributed by atoms with van der Waals surface area (Å²) in [5.74, 6) is 0.175. The molecule has 0 unspecified atom stereocenters. The van der Waals surface area contributed by atoms with Crippen LogP contribution in [0.25, 0.3) is 0 Å². The Bertz CT molecular complexity index is 720. The summed E-state index contributed by atoms with van der Waals surface area (Å²) < 4.78 is 1.86. The highest BCUT2D eigenvalue weighted by Gasteiger charge is 2.22. The van der Waals surface area contributed by atoms with Crippen molar-refractivity contribution in [1.82, 2.24) is 19.6 Å². The molecule has 1 amide bonds. The predicted molar refractivity (Wildman–Crippen MR) is 95.0 cm³/mol. The van der Waals surface area contributed by atoms with Crippen LogP contribution in [-0.4, -0.2) is 51.7 Å². The molecule has 2 aromatic rings. The molecule has 1 aromatic heterocycles. The summed E-state index contributed by atoms with van der Waals surface area (Å²) >= 11 is 5.99. The van der Waals surface area contributed by atoms with Crippen molar-refractivity contribution in [3.8, 4) is 0 Å². The number of halogens is 1. The van der Waals surface area contributed by atoms with Crippen LogP contribution in [0.1, 0.15) is 16.8 Å². The van der Waals surface area contributed by atoms with Crippen molar-refractivity contribution in [2.45, 2.75) is 19.9 Å². The fourth-order valence-electron chi connectivity index (χ4n) is 3.13. The Morgan fingerprint density at radius 3 is 2.62 bits per heavy atom. The van der Waals surface area contributed by atoms with E-state index in [9.17, 15) is 4.79 Å². The summed E-state index contributed by atoms with van der Waals surface area (Å²) in [6.45, 7) is 6.29. The van der Waals surface area contributed by atoms with Crippen molar-refractivity contribution >= 4 is 17.5 Å². The first-order chi connectivity index (χ1) is 11.5. The van der Waals surface area contributed by atoms with E-state index in [4.69, 9.17) is 11.6 Å². The Morgan fingerprint density at radius 2 is 2.00 bits per heavy atom. The van der Waals surface area contributed by atoms with Gasteiger partial charge in [-0.25, -0.2) is 0 Å². The zero-order valence-electron chi connectivity index (χ0n) is 14.2. The fourth-order valence-corrected chi connectivity index (χ4v) is 3.35. The minimum atomic E-state index is 0.175. The highest BCUT2D eigenvalue weighted by atomic mass is 35.5. The third kappa shape index (κ3) is 4.16. The van der Waals surface area contributed by atoms with Gasteiger partial charge in [-0.05, 0) is 24.6 Å². The van der Waals surface area contributed by atoms with Gasteiger partial charge in [-0.15, -0.1) is 0 Å². The first-order valence-electron chi connectivity index (χ1n) is 8.25. The maximum atomic E-state index is 12.5. The highest BCUT2D eigenvalue weighted by molar-refractivity contribution is 6.30. The lowest BCUT2D eigenvalue weighted by Gasteiger charge is -2.34. The molecule has 0 spiro atoms. The van der Waals surface area contributed by atoms with Crippen LogP contribution in [-0.2, 0) is 24.8 Å². The maximum absolute atomic E-state index is 12.5. The minimum absolute atomic E-state index is 0.175. The Kier molecular flexibility index (Phi) is 5.21. The highest BCUT2D eigenvalue weighted by Crippen LogP contribution is 2.14. The molecule has 5 nitrogen and oxygen atoms in total. The van der Waals surface area contributed by atoms with Gasteiger partial charge in [-0.2, -0.15) is 5.10 Å². The van der Waals surface area contributed by atoms with Gasteiger partial charge in [0.15, 0.2) is 0 Å². The summed E-state index contributed by atoms with van der Waals surface area (Å²) in [6.07, 6.45) is 2.49. The predicted octanol–water partition coefficient (Wildman–Crippen LogP) is 2.27. The van der Waals surface area contributed by atoms with E-state index in [-0.39, 0.29) is 5.91 Å². The number of benzene rings is 1. The van der Waals surface area contributed by atoms with Crippen molar-refractivity contribution in [3.63, 3.8) is 0 Å². The maximum Gasteiger partial charge on any atom is 0.227 e. The van der Waals surface area contributed by atoms with Crippen LogP contribution >= 0.6 is 11.6 Å². The number of nitrogens with zero attached hydrogens (tertiary/aromatic N) is 4. The molecular weight excluding hydrogens is 324 g/mol. The van der Waals surface area contributed by atoms with Crippen molar-refractivity contribution in [1.29, 1.82) is 0 Å². The zero-order valence-corrected chi connectivity index (χ0v) is 15.0. The average molecular weight is 347 g/mol. The summed E-state index contributed by atoms with van der Waals surface area (Å²) in [6, 6.07) is 7.53. The summed E-state index contributed by atoms with van der Waals surface area (Å²) in [4.78, 5) is 16.8.